The van der Waals surface area contributed by atoms with Crippen LogP contribution in [0.4, 0.5) is 0 Å². The third-order valence-electron chi connectivity index (χ3n) is 4.91. The number of hydrogen-bond donors (Lipinski definition) is 2. The molecule has 1 aliphatic heterocycles. The first-order valence-electron chi connectivity index (χ1n) is 7.74. The fourth-order valence-electron chi connectivity index (χ4n) is 3.23. The number of nitrogens with one attached hydrogen (secondary N) is 1. The lowest BCUT2D eigenvalue weighted by atomic mass is 9.92. The van der Waals surface area contributed by atoms with E-state index in [0.717, 1.165) is 19.5 Å². The molecule has 3 N–H and O–H groups in total. The first-order valence-corrected chi connectivity index (χ1v) is 7.74. The van der Waals surface area contributed by atoms with Crippen molar-refractivity contribution in [1.82, 2.24) is 10.2 Å². The normalized spacial score (nSPS) is 23.7. The molecule has 3 unspecified atom stereocenters. The van der Waals surface area contributed by atoms with Crippen LogP contribution in [0.5, 0.6) is 0 Å². The van der Waals surface area contributed by atoms with Crippen molar-refractivity contribution < 1.29 is 4.79 Å². The number of nitrogens with two attached hydrogens (primary N) is 1. The summed E-state index contributed by atoms with van der Waals surface area (Å²) in [6.07, 6.45) is 1.92. The maximum atomic E-state index is 11.6. The highest BCUT2D eigenvalue weighted by Crippen LogP contribution is 2.29. The highest BCUT2D eigenvalue weighted by molar-refractivity contribution is 5.84. The van der Waals surface area contributed by atoms with Gasteiger partial charge in [-0.2, -0.15) is 0 Å². The standard InChI is InChI=1S/C17H27N3O/c1-13(11-17(2,19-3)16(18)21)20-10-9-15(12-20)14-7-5-4-6-8-14/h4-8,13,15,19H,9-12H2,1-3H3,(H2,18,21). The summed E-state index contributed by atoms with van der Waals surface area (Å²) in [5.41, 5.74) is 6.31. The van der Waals surface area contributed by atoms with Gasteiger partial charge in [-0.25, -0.2) is 0 Å². The minimum absolute atomic E-state index is 0.282. The van der Waals surface area contributed by atoms with Gasteiger partial charge in [-0.15, -0.1) is 0 Å². The van der Waals surface area contributed by atoms with Crippen molar-refractivity contribution in [1.29, 1.82) is 0 Å². The van der Waals surface area contributed by atoms with Crippen molar-refractivity contribution in [2.45, 2.75) is 44.2 Å². The maximum absolute atomic E-state index is 11.6. The van der Waals surface area contributed by atoms with Crippen molar-refractivity contribution >= 4 is 5.91 Å². The second-order valence-electron chi connectivity index (χ2n) is 6.39. The fourth-order valence-corrected chi connectivity index (χ4v) is 3.23. The van der Waals surface area contributed by atoms with E-state index in [1.54, 1.807) is 7.05 Å². The van der Waals surface area contributed by atoms with Crippen LogP contribution < -0.4 is 11.1 Å². The zero-order valence-corrected chi connectivity index (χ0v) is 13.3. The van der Waals surface area contributed by atoms with E-state index in [9.17, 15) is 4.79 Å². The van der Waals surface area contributed by atoms with Crippen LogP contribution in [-0.4, -0.2) is 42.5 Å². The van der Waals surface area contributed by atoms with Gasteiger partial charge in [-0.3, -0.25) is 9.69 Å². The molecule has 0 aliphatic carbocycles. The minimum Gasteiger partial charge on any atom is -0.368 e. The number of benzene rings is 1. The average Bonchev–Trinajstić information content (AvgIpc) is 2.97. The highest BCUT2D eigenvalue weighted by atomic mass is 16.1. The molecule has 21 heavy (non-hydrogen) atoms. The van der Waals surface area contributed by atoms with Gasteiger partial charge in [-0.05, 0) is 51.8 Å². The lowest BCUT2D eigenvalue weighted by Gasteiger charge is -2.33. The number of nitrogens with zero attached hydrogens (tertiary/aromatic N) is 1. The summed E-state index contributed by atoms with van der Waals surface area (Å²) < 4.78 is 0. The molecule has 1 aromatic rings. The average molecular weight is 289 g/mol. The molecule has 1 aromatic carbocycles. The number of rotatable bonds is 6. The van der Waals surface area contributed by atoms with E-state index >= 15 is 0 Å². The molecule has 0 radical (unpaired) electrons. The highest BCUT2D eigenvalue weighted by Gasteiger charge is 2.35. The first-order chi connectivity index (χ1) is 9.96. The maximum Gasteiger partial charge on any atom is 0.237 e. The largest absolute Gasteiger partial charge is 0.368 e. The summed E-state index contributed by atoms with van der Waals surface area (Å²) in [6.45, 7) is 6.21. The smallest absolute Gasteiger partial charge is 0.237 e. The van der Waals surface area contributed by atoms with E-state index in [1.807, 2.05) is 6.92 Å². The number of likely N-dealkylation sites (tertiary alicyclic amines) is 1. The number of likely N-dealkylation sites (N-methyl/N-ethyl adjacent to an activating group) is 1. The molecule has 2 rings (SSSR count). The Morgan fingerprint density at radius 2 is 2.14 bits per heavy atom. The Bertz CT molecular complexity index is 476. The van der Waals surface area contributed by atoms with Gasteiger partial charge in [-0.1, -0.05) is 30.3 Å². The topological polar surface area (TPSA) is 58.4 Å². The number of carbonyl (C=O) groups excluding carboxylic acids is 1. The second-order valence-corrected chi connectivity index (χ2v) is 6.39. The lowest BCUT2D eigenvalue weighted by Crippen LogP contribution is -2.54. The van der Waals surface area contributed by atoms with Crippen molar-refractivity contribution in [3.05, 3.63) is 35.9 Å². The molecule has 4 nitrogen and oxygen atoms in total. The Labute approximate surface area is 127 Å². The minimum atomic E-state index is -0.635. The van der Waals surface area contributed by atoms with Gasteiger partial charge in [0.15, 0.2) is 0 Å². The van der Waals surface area contributed by atoms with E-state index in [4.69, 9.17) is 5.73 Å². The van der Waals surface area contributed by atoms with Crippen molar-refractivity contribution in [3.63, 3.8) is 0 Å². The third-order valence-corrected chi connectivity index (χ3v) is 4.91. The summed E-state index contributed by atoms with van der Waals surface area (Å²) in [5, 5.41) is 3.07. The predicted molar refractivity (Wildman–Crippen MR) is 86.1 cm³/mol. The van der Waals surface area contributed by atoms with Crippen LogP contribution in [0.2, 0.25) is 0 Å². The van der Waals surface area contributed by atoms with Gasteiger partial charge in [0.25, 0.3) is 0 Å². The molecule has 1 fully saturated rings. The molecule has 1 aliphatic rings. The molecule has 0 spiro atoms. The number of hydrogen-bond acceptors (Lipinski definition) is 3. The Balaban J connectivity index is 1.96. The first kappa shape index (κ1) is 16.0. The monoisotopic (exact) mass is 289 g/mol. The van der Waals surface area contributed by atoms with E-state index in [-0.39, 0.29) is 5.91 Å². The quantitative estimate of drug-likeness (QED) is 0.838. The van der Waals surface area contributed by atoms with Crippen molar-refractivity contribution in [2.75, 3.05) is 20.1 Å². The summed E-state index contributed by atoms with van der Waals surface area (Å²) in [7, 11) is 1.80. The van der Waals surface area contributed by atoms with E-state index in [2.05, 4.69) is 47.5 Å². The predicted octanol–water partition coefficient (Wildman–Crippen LogP) is 1.72. The van der Waals surface area contributed by atoms with Gasteiger partial charge >= 0.3 is 0 Å². The Kier molecular flexibility index (Phi) is 5.01. The number of amides is 1. The Morgan fingerprint density at radius 1 is 1.48 bits per heavy atom. The van der Waals surface area contributed by atoms with Crippen LogP contribution in [0.3, 0.4) is 0 Å². The number of primary amides is 1. The third kappa shape index (κ3) is 3.63. The molecule has 4 heteroatoms. The van der Waals surface area contributed by atoms with Crippen LogP contribution >= 0.6 is 0 Å². The second kappa shape index (κ2) is 6.58. The van der Waals surface area contributed by atoms with E-state index in [0.29, 0.717) is 12.0 Å². The van der Waals surface area contributed by atoms with Gasteiger partial charge < -0.3 is 11.1 Å². The van der Waals surface area contributed by atoms with Crippen LogP contribution in [-0.2, 0) is 4.79 Å². The summed E-state index contributed by atoms with van der Waals surface area (Å²) in [6, 6.07) is 11.0. The Morgan fingerprint density at radius 3 is 2.71 bits per heavy atom. The van der Waals surface area contributed by atoms with Crippen LogP contribution in [0.15, 0.2) is 30.3 Å². The molecular formula is C17H27N3O. The van der Waals surface area contributed by atoms with Crippen molar-refractivity contribution in [2.24, 2.45) is 5.73 Å². The van der Waals surface area contributed by atoms with Gasteiger partial charge in [0, 0.05) is 12.6 Å². The molecule has 1 amide bonds. The molecule has 0 aromatic heterocycles. The molecule has 0 bridgehead atoms. The molecule has 3 atom stereocenters. The van der Waals surface area contributed by atoms with Crippen LogP contribution in [0.1, 0.15) is 38.2 Å². The lowest BCUT2D eigenvalue weighted by molar-refractivity contribution is -0.124. The van der Waals surface area contributed by atoms with Gasteiger partial charge in [0.05, 0.1) is 5.54 Å². The van der Waals surface area contributed by atoms with E-state index in [1.165, 1.54) is 12.0 Å². The molecular weight excluding hydrogens is 262 g/mol. The molecule has 1 heterocycles. The molecule has 1 saturated heterocycles. The van der Waals surface area contributed by atoms with Gasteiger partial charge in [0.2, 0.25) is 5.91 Å². The SMILES string of the molecule is CNC(C)(CC(C)N1CCC(c2ccccc2)C1)C(N)=O. The van der Waals surface area contributed by atoms with Crippen molar-refractivity contribution in [3.8, 4) is 0 Å². The zero-order valence-electron chi connectivity index (χ0n) is 13.3. The molecule has 0 saturated carbocycles. The van der Waals surface area contributed by atoms with Crippen LogP contribution in [0, 0.1) is 0 Å². The molecule has 116 valence electrons. The fraction of sp³-hybridized carbons (Fsp3) is 0.588. The van der Waals surface area contributed by atoms with E-state index < -0.39 is 5.54 Å². The zero-order chi connectivity index (χ0) is 15.5. The summed E-state index contributed by atoms with van der Waals surface area (Å²) in [4.78, 5) is 14.1. The summed E-state index contributed by atoms with van der Waals surface area (Å²) >= 11 is 0. The van der Waals surface area contributed by atoms with Gasteiger partial charge in [0.1, 0.15) is 0 Å². The summed E-state index contributed by atoms with van der Waals surface area (Å²) in [5.74, 6) is 0.318. The Hall–Kier alpha value is -1.39. The number of carbonyl (C=O) groups is 1. The van der Waals surface area contributed by atoms with Crippen LogP contribution in [0.25, 0.3) is 0 Å².